The molecule has 0 unspecified atom stereocenters. The van der Waals surface area contributed by atoms with Crippen molar-refractivity contribution in [1.82, 2.24) is 0 Å². The van der Waals surface area contributed by atoms with Crippen molar-refractivity contribution in [3.8, 4) is 11.5 Å². The molecule has 0 bridgehead atoms. The van der Waals surface area contributed by atoms with E-state index in [0.717, 1.165) is 32.7 Å². The normalized spacial score (nSPS) is 11.6. The third-order valence-electron chi connectivity index (χ3n) is 4.79. The highest BCUT2D eigenvalue weighted by Gasteiger charge is 2.13. The number of hydrogen-bond donors (Lipinski definition) is 0. The molecule has 0 aliphatic heterocycles. The fraction of sp³-hybridized carbons (Fsp3) is 0.913. The van der Waals surface area contributed by atoms with Gasteiger partial charge in [-0.2, -0.15) is 0 Å². The van der Waals surface area contributed by atoms with Crippen LogP contribution in [0, 0.1) is 11.5 Å². The molecule has 0 aliphatic carbocycles. The number of ether oxygens (including phenoxy) is 2. The predicted molar refractivity (Wildman–Crippen MR) is 118 cm³/mol. The molecule has 154 valence electrons. The lowest BCUT2D eigenvalue weighted by Crippen LogP contribution is -2.21. The molecule has 0 radical (unpaired) electrons. The largest absolute Gasteiger partial charge is 0.381 e. The van der Waals surface area contributed by atoms with Crippen LogP contribution in [0.15, 0.2) is 0 Å². The smallest absolute Gasteiger partial charge is 0.132 e. The second kappa shape index (κ2) is 18.1. The summed E-state index contributed by atoms with van der Waals surface area (Å²) in [5.74, 6) is 3.42. The van der Waals surface area contributed by atoms with E-state index in [1.165, 1.54) is 63.8 Å². The lowest BCUT2D eigenvalue weighted by Gasteiger charge is -2.09. The quantitative estimate of drug-likeness (QED) is 0.153. The number of unbranched alkanes of at least 4 members (excludes halogenated alkanes) is 9. The van der Waals surface area contributed by atoms with Crippen LogP contribution < -0.4 is 0 Å². The van der Waals surface area contributed by atoms with Crippen molar-refractivity contribution in [2.24, 2.45) is 0 Å². The maximum atomic E-state index is 5.65. The van der Waals surface area contributed by atoms with Gasteiger partial charge in [0, 0.05) is 26.2 Å². The monoisotopic (exact) mass is 382 g/mol. The zero-order chi connectivity index (χ0) is 19.5. The van der Waals surface area contributed by atoms with Crippen LogP contribution in [0.3, 0.4) is 0 Å². The van der Waals surface area contributed by atoms with Gasteiger partial charge in [-0.15, -0.1) is 11.5 Å². The zero-order valence-corrected chi connectivity index (χ0v) is 19.5. The Labute approximate surface area is 165 Å². The van der Waals surface area contributed by atoms with Gasteiger partial charge < -0.3 is 9.47 Å². The van der Waals surface area contributed by atoms with Crippen molar-refractivity contribution in [3.05, 3.63) is 0 Å². The van der Waals surface area contributed by atoms with Gasteiger partial charge in [0.25, 0.3) is 0 Å². The van der Waals surface area contributed by atoms with E-state index in [1.807, 2.05) is 0 Å². The average molecular weight is 383 g/mol. The summed E-state index contributed by atoms with van der Waals surface area (Å²) in [6.45, 7) is 13.7. The SMILES string of the molecule is CC[Si](C)(C)C#CCCCCCCCCCCCOCCCOC(C)C. The first-order valence-corrected chi connectivity index (χ1v) is 14.4. The molecular weight excluding hydrogens is 336 g/mol. The lowest BCUT2D eigenvalue weighted by atomic mass is 10.1. The van der Waals surface area contributed by atoms with Crippen LogP contribution in [0.1, 0.15) is 91.4 Å². The van der Waals surface area contributed by atoms with Gasteiger partial charge in [0.2, 0.25) is 0 Å². The van der Waals surface area contributed by atoms with Gasteiger partial charge in [-0.3, -0.25) is 0 Å². The number of hydrogen-bond acceptors (Lipinski definition) is 2. The van der Waals surface area contributed by atoms with Crippen molar-refractivity contribution in [2.75, 3.05) is 19.8 Å². The van der Waals surface area contributed by atoms with E-state index in [1.54, 1.807) is 0 Å². The van der Waals surface area contributed by atoms with E-state index in [-0.39, 0.29) is 0 Å². The van der Waals surface area contributed by atoms with E-state index in [2.05, 4.69) is 45.3 Å². The minimum absolute atomic E-state index is 0.336. The second-order valence-corrected chi connectivity index (χ2v) is 13.1. The first-order chi connectivity index (χ1) is 12.5. The number of rotatable bonds is 17. The van der Waals surface area contributed by atoms with E-state index >= 15 is 0 Å². The molecule has 0 rings (SSSR count). The van der Waals surface area contributed by atoms with Crippen molar-refractivity contribution in [1.29, 1.82) is 0 Å². The highest BCUT2D eigenvalue weighted by Crippen LogP contribution is 2.11. The van der Waals surface area contributed by atoms with Gasteiger partial charge in [0.15, 0.2) is 0 Å². The molecule has 0 aromatic rings. The summed E-state index contributed by atoms with van der Waals surface area (Å²) in [5.41, 5.74) is 3.54. The van der Waals surface area contributed by atoms with Crippen molar-refractivity contribution < 1.29 is 9.47 Å². The minimum atomic E-state index is -1.17. The Bertz CT molecular complexity index is 355. The molecule has 0 saturated carbocycles. The Morgan fingerprint density at radius 3 is 1.85 bits per heavy atom. The van der Waals surface area contributed by atoms with E-state index < -0.39 is 8.07 Å². The van der Waals surface area contributed by atoms with Gasteiger partial charge in [-0.25, -0.2) is 0 Å². The van der Waals surface area contributed by atoms with Crippen LogP contribution in [0.4, 0.5) is 0 Å². The lowest BCUT2D eigenvalue weighted by molar-refractivity contribution is 0.0507. The minimum Gasteiger partial charge on any atom is -0.381 e. The molecule has 0 saturated heterocycles. The van der Waals surface area contributed by atoms with Crippen molar-refractivity contribution >= 4 is 8.07 Å². The Hall–Kier alpha value is -0.303. The highest BCUT2D eigenvalue weighted by molar-refractivity contribution is 6.85. The van der Waals surface area contributed by atoms with Crippen LogP contribution in [0.2, 0.25) is 19.1 Å². The van der Waals surface area contributed by atoms with Crippen molar-refractivity contribution in [3.63, 3.8) is 0 Å². The summed E-state index contributed by atoms with van der Waals surface area (Å²) < 4.78 is 11.1. The Morgan fingerprint density at radius 2 is 1.27 bits per heavy atom. The van der Waals surface area contributed by atoms with Crippen LogP contribution in [-0.2, 0) is 9.47 Å². The molecule has 0 spiro atoms. The summed E-state index contributed by atoms with van der Waals surface area (Å²) in [6, 6.07) is 1.28. The van der Waals surface area contributed by atoms with E-state index in [0.29, 0.717) is 6.10 Å². The molecule has 0 aliphatic rings. The first-order valence-electron chi connectivity index (χ1n) is 11.2. The van der Waals surface area contributed by atoms with Gasteiger partial charge in [0.1, 0.15) is 8.07 Å². The van der Waals surface area contributed by atoms with Gasteiger partial charge >= 0.3 is 0 Å². The van der Waals surface area contributed by atoms with E-state index in [4.69, 9.17) is 9.47 Å². The van der Waals surface area contributed by atoms with E-state index in [9.17, 15) is 0 Å². The van der Waals surface area contributed by atoms with Crippen molar-refractivity contribution in [2.45, 2.75) is 117 Å². The molecule has 0 aromatic carbocycles. The standard InChI is InChI=1S/C23H46O2Si/c1-6-26(4,5)22-17-15-13-11-9-7-8-10-12-14-16-19-24-20-18-21-25-23(2)3/h23H,6-16,18-21H2,1-5H3. The van der Waals surface area contributed by atoms with Crippen LogP contribution in [0.5, 0.6) is 0 Å². The molecule has 0 N–H and O–H groups in total. The zero-order valence-electron chi connectivity index (χ0n) is 18.5. The molecular formula is C23H46O2Si. The summed E-state index contributed by atoms with van der Waals surface area (Å²) in [4.78, 5) is 0. The van der Waals surface area contributed by atoms with Gasteiger partial charge in [-0.1, -0.05) is 65.0 Å². The maximum absolute atomic E-state index is 5.65. The molecule has 0 atom stereocenters. The molecule has 2 nitrogen and oxygen atoms in total. The van der Waals surface area contributed by atoms with Crippen LogP contribution >= 0.6 is 0 Å². The fourth-order valence-corrected chi connectivity index (χ4v) is 3.41. The Balaban J connectivity index is 3.16. The average Bonchev–Trinajstić information content (AvgIpc) is 2.60. The Morgan fingerprint density at radius 1 is 0.731 bits per heavy atom. The van der Waals surface area contributed by atoms with Crippen LogP contribution in [0.25, 0.3) is 0 Å². The third-order valence-corrected chi connectivity index (χ3v) is 7.41. The van der Waals surface area contributed by atoms with Gasteiger partial charge in [-0.05, 0) is 39.2 Å². The predicted octanol–water partition coefficient (Wildman–Crippen LogP) is 6.99. The van der Waals surface area contributed by atoms with Gasteiger partial charge in [0.05, 0.1) is 6.10 Å². The molecule has 0 amide bonds. The highest BCUT2D eigenvalue weighted by atomic mass is 28.3. The second-order valence-electron chi connectivity index (χ2n) is 8.36. The molecule has 3 heteroatoms. The molecule has 0 aromatic heterocycles. The summed E-state index contributed by atoms with van der Waals surface area (Å²) in [7, 11) is -1.17. The topological polar surface area (TPSA) is 18.5 Å². The third kappa shape index (κ3) is 20.0. The maximum Gasteiger partial charge on any atom is 0.132 e. The molecule has 26 heavy (non-hydrogen) atoms. The fourth-order valence-electron chi connectivity index (χ4n) is 2.63. The first kappa shape index (κ1) is 25.7. The molecule has 0 fully saturated rings. The summed E-state index contributed by atoms with van der Waals surface area (Å²) in [5, 5.41) is 0. The van der Waals surface area contributed by atoms with Crippen LogP contribution in [-0.4, -0.2) is 34.0 Å². The summed E-state index contributed by atoms with van der Waals surface area (Å²) in [6.07, 6.45) is 14.6. The molecule has 0 heterocycles. The summed E-state index contributed by atoms with van der Waals surface area (Å²) >= 11 is 0. The Kier molecular flexibility index (Phi) is 17.9.